The van der Waals surface area contributed by atoms with Crippen LogP contribution < -0.4 is 0 Å². The van der Waals surface area contributed by atoms with Crippen LogP contribution in [0.1, 0.15) is 20.8 Å². The summed E-state index contributed by atoms with van der Waals surface area (Å²) in [6, 6.07) is 0. The van der Waals surface area contributed by atoms with E-state index in [-0.39, 0.29) is 5.78 Å². The predicted molar refractivity (Wildman–Crippen MR) is 44.6 cm³/mol. The summed E-state index contributed by atoms with van der Waals surface area (Å²) >= 11 is 0. The van der Waals surface area contributed by atoms with Crippen LogP contribution in [0.3, 0.4) is 0 Å². The molecule has 0 bridgehead atoms. The number of nitrogens with zero attached hydrogens (tertiary/aromatic N) is 2. The number of ketones is 1. The van der Waals surface area contributed by atoms with Gasteiger partial charge in [0.15, 0.2) is 11.3 Å². The lowest BCUT2D eigenvalue weighted by molar-refractivity contribution is -0.154. The highest BCUT2D eigenvalue weighted by Crippen LogP contribution is 2.31. The van der Waals surface area contributed by atoms with Gasteiger partial charge < -0.3 is 5.11 Å². The van der Waals surface area contributed by atoms with E-state index in [1.165, 1.54) is 13.8 Å². The number of carboxylic acid groups (broad SMARTS) is 1. The number of aliphatic carboxylic acids is 1. The Labute approximate surface area is 75.9 Å². The van der Waals surface area contributed by atoms with E-state index in [9.17, 15) is 9.59 Å². The molecule has 1 atom stereocenters. The van der Waals surface area contributed by atoms with Crippen molar-refractivity contribution in [3.63, 3.8) is 0 Å². The van der Waals surface area contributed by atoms with E-state index in [1.54, 1.807) is 6.92 Å². The van der Waals surface area contributed by atoms with Gasteiger partial charge in [0.25, 0.3) is 0 Å². The standard InChI is InChI=1S/C8H12N2O3/c1-7(2,6(12)13)5(11)8(3)4-9-10-8/h4H2,1-3H3,(H,12,13). The molecule has 5 heteroatoms. The zero-order chi connectivity index (χ0) is 10.3. The number of rotatable bonds is 3. The number of carbonyl (C=O) groups excluding carboxylic acids is 1. The number of Topliss-reactive ketones (excluding diaryl/α,β-unsaturated/α-hetero) is 1. The fourth-order valence-corrected chi connectivity index (χ4v) is 1.17. The van der Waals surface area contributed by atoms with Gasteiger partial charge in [0.1, 0.15) is 5.41 Å². The monoisotopic (exact) mass is 184 g/mol. The Hall–Kier alpha value is -1.26. The van der Waals surface area contributed by atoms with Crippen molar-refractivity contribution in [1.82, 2.24) is 0 Å². The van der Waals surface area contributed by atoms with E-state index in [0.29, 0.717) is 6.54 Å². The van der Waals surface area contributed by atoms with Gasteiger partial charge in [-0.05, 0) is 20.8 Å². The van der Waals surface area contributed by atoms with E-state index < -0.39 is 16.9 Å². The highest BCUT2D eigenvalue weighted by Gasteiger charge is 2.49. The molecule has 1 N–H and O–H groups in total. The van der Waals surface area contributed by atoms with Gasteiger partial charge in [-0.15, -0.1) is 0 Å². The van der Waals surface area contributed by atoms with Crippen LogP contribution in [0.5, 0.6) is 0 Å². The Bertz CT molecular complexity index is 296. The van der Waals surface area contributed by atoms with Crippen LogP contribution in [0.4, 0.5) is 0 Å². The number of hydrogen-bond donors (Lipinski definition) is 1. The molecular formula is C8H12N2O3. The summed E-state index contributed by atoms with van der Waals surface area (Å²) in [5.41, 5.74) is -2.30. The topological polar surface area (TPSA) is 79.1 Å². The van der Waals surface area contributed by atoms with Crippen molar-refractivity contribution in [3.05, 3.63) is 0 Å². The van der Waals surface area contributed by atoms with Crippen LogP contribution >= 0.6 is 0 Å². The molecule has 0 aliphatic carbocycles. The molecule has 72 valence electrons. The molecule has 0 saturated heterocycles. The summed E-state index contributed by atoms with van der Waals surface area (Å²) in [5.74, 6) is -1.51. The maximum atomic E-state index is 11.7. The van der Waals surface area contributed by atoms with Gasteiger partial charge in [0.2, 0.25) is 0 Å². The van der Waals surface area contributed by atoms with E-state index >= 15 is 0 Å². The first-order chi connectivity index (χ1) is 5.81. The van der Waals surface area contributed by atoms with Crippen molar-refractivity contribution in [2.45, 2.75) is 26.3 Å². The molecule has 13 heavy (non-hydrogen) atoms. The molecule has 1 aliphatic heterocycles. The van der Waals surface area contributed by atoms with Crippen molar-refractivity contribution in [2.24, 2.45) is 15.6 Å². The maximum absolute atomic E-state index is 11.7. The first-order valence-electron chi connectivity index (χ1n) is 3.98. The van der Waals surface area contributed by atoms with Crippen LogP contribution in [0.15, 0.2) is 10.2 Å². The third kappa shape index (κ3) is 1.34. The minimum atomic E-state index is -1.38. The zero-order valence-electron chi connectivity index (χ0n) is 7.87. The number of carbonyl (C=O) groups is 2. The molecule has 0 amide bonds. The molecule has 5 nitrogen and oxygen atoms in total. The second-order valence-corrected chi connectivity index (χ2v) is 3.93. The van der Waals surface area contributed by atoms with Crippen molar-refractivity contribution >= 4 is 11.8 Å². The zero-order valence-corrected chi connectivity index (χ0v) is 7.87. The van der Waals surface area contributed by atoms with Crippen molar-refractivity contribution in [3.8, 4) is 0 Å². The number of carboxylic acids is 1. The molecule has 1 heterocycles. The summed E-state index contributed by atoms with van der Waals surface area (Å²) in [7, 11) is 0. The van der Waals surface area contributed by atoms with Crippen LogP contribution in [0.25, 0.3) is 0 Å². The minimum absolute atomic E-state index is 0.294. The third-order valence-corrected chi connectivity index (χ3v) is 2.26. The van der Waals surface area contributed by atoms with Crippen molar-refractivity contribution in [1.29, 1.82) is 0 Å². The predicted octanol–water partition coefficient (Wildman–Crippen LogP) is 0.891. The maximum Gasteiger partial charge on any atom is 0.316 e. The van der Waals surface area contributed by atoms with E-state index in [4.69, 9.17) is 5.11 Å². The SMILES string of the molecule is CC1(C(=O)C(C)(C)C(=O)O)CN=N1. The number of hydrogen-bond acceptors (Lipinski definition) is 4. The van der Waals surface area contributed by atoms with E-state index in [0.717, 1.165) is 0 Å². The largest absolute Gasteiger partial charge is 0.481 e. The van der Waals surface area contributed by atoms with E-state index in [2.05, 4.69) is 10.2 Å². The lowest BCUT2D eigenvalue weighted by Gasteiger charge is -2.32. The highest BCUT2D eigenvalue weighted by molar-refractivity contribution is 6.07. The normalized spacial score (nSPS) is 26.7. The summed E-state index contributed by atoms with van der Waals surface area (Å²) in [5, 5.41) is 16.0. The second-order valence-electron chi connectivity index (χ2n) is 3.93. The van der Waals surface area contributed by atoms with E-state index in [1.807, 2.05) is 0 Å². The summed E-state index contributed by atoms with van der Waals surface area (Å²) in [6.45, 7) is 4.67. The third-order valence-electron chi connectivity index (χ3n) is 2.26. The lowest BCUT2D eigenvalue weighted by atomic mass is 9.77. The Morgan fingerprint density at radius 1 is 1.46 bits per heavy atom. The smallest absolute Gasteiger partial charge is 0.316 e. The molecule has 0 aromatic rings. The first-order valence-corrected chi connectivity index (χ1v) is 3.98. The Balaban J connectivity index is 2.90. The summed E-state index contributed by atoms with van der Waals surface area (Å²) in [6.07, 6.45) is 0. The van der Waals surface area contributed by atoms with Gasteiger partial charge in [0, 0.05) is 0 Å². The molecule has 1 unspecified atom stereocenters. The first kappa shape index (κ1) is 9.83. The van der Waals surface area contributed by atoms with Crippen molar-refractivity contribution < 1.29 is 14.7 Å². The summed E-state index contributed by atoms with van der Waals surface area (Å²) < 4.78 is 0. The van der Waals surface area contributed by atoms with Crippen LogP contribution in [0.2, 0.25) is 0 Å². The molecule has 0 spiro atoms. The Morgan fingerprint density at radius 3 is 2.15 bits per heavy atom. The van der Waals surface area contributed by atoms with Crippen LogP contribution in [0, 0.1) is 5.41 Å². The molecular weight excluding hydrogens is 172 g/mol. The molecule has 0 aromatic heterocycles. The van der Waals surface area contributed by atoms with Gasteiger partial charge in [-0.25, -0.2) is 0 Å². The van der Waals surface area contributed by atoms with Gasteiger partial charge in [0.05, 0.1) is 6.54 Å². The molecule has 0 aromatic carbocycles. The molecule has 0 fully saturated rings. The van der Waals surface area contributed by atoms with Gasteiger partial charge in [-0.2, -0.15) is 10.2 Å². The highest BCUT2D eigenvalue weighted by atomic mass is 16.4. The quantitative estimate of drug-likeness (QED) is 0.661. The molecule has 1 rings (SSSR count). The van der Waals surface area contributed by atoms with Crippen LogP contribution in [-0.2, 0) is 9.59 Å². The Kier molecular flexibility index (Phi) is 1.98. The molecule has 1 aliphatic rings. The van der Waals surface area contributed by atoms with Crippen molar-refractivity contribution in [2.75, 3.05) is 6.54 Å². The Morgan fingerprint density at radius 2 is 1.92 bits per heavy atom. The molecule has 0 saturated carbocycles. The fourth-order valence-electron chi connectivity index (χ4n) is 1.17. The van der Waals surface area contributed by atoms with Crippen LogP contribution in [-0.4, -0.2) is 28.9 Å². The van der Waals surface area contributed by atoms with Gasteiger partial charge in [-0.3, -0.25) is 9.59 Å². The summed E-state index contributed by atoms with van der Waals surface area (Å²) in [4.78, 5) is 22.4. The number of azo groups is 1. The lowest BCUT2D eigenvalue weighted by Crippen LogP contribution is -2.51. The van der Waals surface area contributed by atoms with Gasteiger partial charge >= 0.3 is 5.97 Å². The van der Waals surface area contributed by atoms with Gasteiger partial charge in [-0.1, -0.05) is 0 Å². The minimum Gasteiger partial charge on any atom is -0.481 e. The fraction of sp³-hybridized carbons (Fsp3) is 0.750. The molecule has 0 radical (unpaired) electrons. The average Bonchev–Trinajstić information content (AvgIpc) is 1.98. The second kappa shape index (κ2) is 2.61. The average molecular weight is 184 g/mol.